The fourth-order valence-corrected chi connectivity index (χ4v) is 2.84. The first-order valence-corrected chi connectivity index (χ1v) is 8.96. The summed E-state index contributed by atoms with van der Waals surface area (Å²) in [5.74, 6) is -0.0745. The van der Waals surface area contributed by atoms with Crippen molar-refractivity contribution in [1.29, 1.82) is 0 Å². The first kappa shape index (κ1) is 19.5. The first-order chi connectivity index (χ1) is 12.3. The van der Waals surface area contributed by atoms with Crippen LogP contribution in [0, 0.1) is 0 Å². The van der Waals surface area contributed by atoms with Crippen LogP contribution in [-0.4, -0.2) is 42.5 Å². The molecular formula is C19H21N3O3S. The van der Waals surface area contributed by atoms with Crippen LogP contribution in [0.1, 0.15) is 17.3 Å². The molecule has 0 spiro atoms. The molecule has 7 heteroatoms. The Morgan fingerprint density at radius 2 is 1.42 bits per heavy atom. The third-order valence-electron chi connectivity index (χ3n) is 3.37. The quantitative estimate of drug-likeness (QED) is 0.765. The van der Waals surface area contributed by atoms with Crippen LogP contribution in [0.3, 0.4) is 0 Å². The number of carbonyl (C=O) groups is 3. The highest BCUT2D eigenvalue weighted by Crippen LogP contribution is 2.21. The molecule has 0 radical (unpaired) electrons. The van der Waals surface area contributed by atoms with E-state index < -0.39 is 0 Å². The molecule has 2 N–H and O–H groups in total. The number of nitrogens with zero attached hydrogens (tertiary/aromatic N) is 1. The minimum atomic E-state index is -0.132. The molecule has 0 aliphatic heterocycles. The van der Waals surface area contributed by atoms with Gasteiger partial charge in [-0.25, -0.2) is 0 Å². The molecule has 2 aromatic carbocycles. The number of nitrogens with one attached hydrogen (secondary N) is 2. The lowest BCUT2D eigenvalue weighted by Crippen LogP contribution is -2.21. The molecule has 0 heterocycles. The molecule has 0 saturated heterocycles. The van der Waals surface area contributed by atoms with Crippen molar-refractivity contribution < 1.29 is 14.4 Å². The topological polar surface area (TPSA) is 78.5 Å². The molecule has 6 nitrogen and oxygen atoms in total. The summed E-state index contributed by atoms with van der Waals surface area (Å²) in [6, 6.07) is 14.1. The van der Waals surface area contributed by atoms with Crippen LogP contribution in [0.25, 0.3) is 0 Å². The zero-order chi connectivity index (χ0) is 19.1. The second-order valence-electron chi connectivity index (χ2n) is 5.82. The van der Waals surface area contributed by atoms with E-state index in [1.54, 1.807) is 50.5 Å². The molecule has 3 amide bonds. The van der Waals surface area contributed by atoms with Gasteiger partial charge in [-0.15, -0.1) is 11.8 Å². The average molecular weight is 371 g/mol. The Morgan fingerprint density at radius 1 is 0.885 bits per heavy atom. The van der Waals surface area contributed by atoms with Crippen molar-refractivity contribution in [2.24, 2.45) is 0 Å². The van der Waals surface area contributed by atoms with Gasteiger partial charge in [-0.1, -0.05) is 0 Å². The molecule has 0 fully saturated rings. The van der Waals surface area contributed by atoms with E-state index in [1.807, 2.05) is 12.1 Å². The third-order valence-corrected chi connectivity index (χ3v) is 4.38. The van der Waals surface area contributed by atoms with Crippen LogP contribution in [0.15, 0.2) is 53.4 Å². The number of hydrogen-bond donors (Lipinski definition) is 2. The van der Waals surface area contributed by atoms with Gasteiger partial charge in [-0.3, -0.25) is 14.4 Å². The Morgan fingerprint density at radius 3 is 1.96 bits per heavy atom. The first-order valence-electron chi connectivity index (χ1n) is 7.97. The second-order valence-corrected chi connectivity index (χ2v) is 6.87. The molecule has 26 heavy (non-hydrogen) atoms. The lowest BCUT2D eigenvalue weighted by molar-refractivity contribution is -0.114. The van der Waals surface area contributed by atoms with Gasteiger partial charge in [0, 0.05) is 42.9 Å². The smallest absolute Gasteiger partial charge is 0.253 e. The minimum Gasteiger partial charge on any atom is -0.345 e. The normalized spacial score (nSPS) is 10.1. The van der Waals surface area contributed by atoms with Crippen LogP contribution >= 0.6 is 11.8 Å². The van der Waals surface area contributed by atoms with E-state index in [2.05, 4.69) is 10.6 Å². The predicted octanol–water partition coefficient (Wildman–Crippen LogP) is 3.08. The van der Waals surface area contributed by atoms with Gasteiger partial charge < -0.3 is 15.5 Å². The summed E-state index contributed by atoms with van der Waals surface area (Å²) in [6.45, 7) is 1.45. The minimum absolute atomic E-state index is 0.0823. The maximum absolute atomic E-state index is 12.1. The lowest BCUT2D eigenvalue weighted by Gasteiger charge is -2.11. The van der Waals surface area contributed by atoms with E-state index in [0.29, 0.717) is 11.3 Å². The van der Waals surface area contributed by atoms with Crippen molar-refractivity contribution in [2.45, 2.75) is 11.8 Å². The van der Waals surface area contributed by atoms with E-state index in [9.17, 15) is 14.4 Å². The molecule has 0 aliphatic rings. The molecule has 0 aromatic heterocycles. The number of benzene rings is 2. The lowest BCUT2D eigenvalue weighted by atomic mass is 10.2. The molecule has 2 aromatic rings. The van der Waals surface area contributed by atoms with Crippen molar-refractivity contribution in [3.63, 3.8) is 0 Å². The largest absolute Gasteiger partial charge is 0.345 e. The van der Waals surface area contributed by atoms with Crippen molar-refractivity contribution in [3.05, 3.63) is 54.1 Å². The van der Waals surface area contributed by atoms with E-state index in [1.165, 1.54) is 23.6 Å². The van der Waals surface area contributed by atoms with Gasteiger partial charge in [0.1, 0.15) is 0 Å². The van der Waals surface area contributed by atoms with Crippen LogP contribution in [-0.2, 0) is 9.59 Å². The summed E-state index contributed by atoms with van der Waals surface area (Å²) in [6.07, 6.45) is 0. The van der Waals surface area contributed by atoms with Crippen LogP contribution in [0.5, 0.6) is 0 Å². The second kappa shape index (κ2) is 9.05. The summed E-state index contributed by atoms with van der Waals surface area (Å²) in [5.41, 5.74) is 1.94. The Hall–Kier alpha value is -2.80. The summed E-state index contributed by atoms with van der Waals surface area (Å²) < 4.78 is 0. The number of thioether (sulfide) groups is 1. The average Bonchev–Trinajstić information content (AvgIpc) is 2.60. The highest BCUT2D eigenvalue weighted by Gasteiger charge is 2.08. The zero-order valence-electron chi connectivity index (χ0n) is 14.9. The van der Waals surface area contributed by atoms with Gasteiger partial charge in [0.15, 0.2) is 0 Å². The van der Waals surface area contributed by atoms with Crippen molar-refractivity contribution >= 4 is 40.9 Å². The Bertz CT molecular complexity index is 787. The molecule has 0 unspecified atom stereocenters. The summed E-state index contributed by atoms with van der Waals surface area (Å²) in [5, 5.41) is 5.50. The maximum atomic E-state index is 12.1. The fourth-order valence-electron chi connectivity index (χ4n) is 2.14. The molecule has 0 atom stereocenters. The van der Waals surface area contributed by atoms with Gasteiger partial charge in [0.25, 0.3) is 5.91 Å². The van der Waals surface area contributed by atoms with E-state index in [4.69, 9.17) is 0 Å². The number of carbonyl (C=O) groups excluding carboxylic acids is 3. The monoisotopic (exact) mass is 371 g/mol. The van der Waals surface area contributed by atoms with Crippen molar-refractivity contribution in [2.75, 3.05) is 30.5 Å². The van der Waals surface area contributed by atoms with Gasteiger partial charge in [0.2, 0.25) is 11.8 Å². The molecular weight excluding hydrogens is 350 g/mol. The molecule has 0 bridgehead atoms. The van der Waals surface area contributed by atoms with Gasteiger partial charge >= 0.3 is 0 Å². The molecule has 2 rings (SSSR count). The Balaban J connectivity index is 1.85. The SMILES string of the molecule is CC(=O)Nc1ccc(SCC(=O)Nc2ccc(C(=O)N(C)C)cc2)cc1. The predicted molar refractivity (Wildman–Crippen MR) is 105 cm³/mol. The van der Waals surface area contributed by atoms with Crippen molar-refractivity contribution in [3.8, 4) is 0 Å². The highest BCUT2D eigenvalue weighted by atomic mass is 32.2. The van der Waals surface area contributed by atoms with E-state index >= 15 is 0 Å². The Labute approximate surface area is 157 Å². The van der Waals surface area contributed by atoms with Gasteiger partial charge in [-0.05, 0) is 48.5 Å². The summed E-state index contributed by atoms with van der Waals surface area (Å²) >= 11 is 1.40. The van der Waals surface area contributed by atoms with Crippen LogP contribution in [0.4, 0.5) is 11.4 Å². The molecule has 0 aliphatic carbocycles. The van der Waals surface area contributed by atoms with Gasteiger partial charge in [-0.2, -0.15) is 0 Å². The Kier molecular flexibility index (Phi) is 6.80. The number of rotatable bonds is 6. The van der Waals surface area contributed by atoms with Gasteiger partial charge in [0.05, 0.1) is 5.75 Å². The zero-order valence-corrected chi connectivity index (χ0v) is 15.7. The highest BCUT2D eigenvalue weighted by molar-refractivity contribution is 8.00. The summed E-state index contributed by atoms with van der Waals surface area (Å²) in [7, 11) is 3.38. The van der Waals surface area contributed by atoms with Crippen LogP contribution < -0.4 is 10.6 Å². The maximum Gasteiger partial charge on any atom is 0.253 e. The number of amides is 3. The van der Waals surface area contributed by atoms with Crippen LogP contribution in [0.2, 0.25) is 0 Å². The van der Waals surface area contributed by atoms with E-state index in [-0.39, 0.29) is 23.5 Å². The summed E-state index contributed by atoms with van der Waals surface area (Å²) in [4.78, 5) is 37.3. The number of anilines is 2. The fraction of sp³-hybridized carbons (Fsp3) is 0.211. The van der Waals surface area contributed by atoms with E-state index in [0.717, 1.165) is 10.6 Å². The molecule has 136 valence electrons. The molecule has 0 saturated carbocycles. The number of hydrogen-bond acceptors (Lipinski definition) is 4. The standard InChI is InChI=1S/C19H21N3O3S/c1-13(23)20-15-8-10-17(11-9-15)26-12-18(24)21-16-6-4-14(5-7-16)19(25)22(2)3/h4-11H,12H2,1-3H3,(H,20,23)(H,21,24). The third kappa shape index (κ3) is 5.93. The van der Waals surface area contributed by atoms with Crippen molar-refractivity contribution in [1.82, 2.24) is 4.90 Å².